The Bertz CT molecular complexity index is 576. The Morgan fingerprint density at radius 1 is 1.18 bits per heavy atom. The fourth-order valence-electron chi connectivity index (χ4n) is 1.91. The van der Waals surface area contributed by atoms with E-state index in [1.807, 2.05) is 32.0 Å². The van der Waals surface area contributed by atoms with Gasteiger partial charge in [-0.25, -0.2) is 9.78 Å². The van der Waals surface area contributed by atoms with Crippen LogP contribution < -0.4 is 0 Å². The molecule has 0 amide bonds. The predicted octanol–water partition coefficient (Wildman–Crippen LogP) is 3.06. The van der Waals surface area contributed by atoms with E-state index in [2.05, 4.69) is 4.98 Å². The summed E-state index contributed by atoms with van der Waals surface area (Å²) in [6.45, 7) is 3.99. The van der Waals surface area contributed by atoms with Gasteiger partial charge in [-0.05, 0) is 31.0 Å². The van der Waals surface area contributed by atoms with E-state index in [0.29, 0.717) is 5.56 Å². The fourth-order valence-corrected chi connectivity index (χ4v) is 1.91. The number of carboxylic acid groups (broad SMARTS) is 1. The van der Waals surface area contributed by atoms with Crippen LogP contribution in [0.3, 0.4) is 0 Å². The summed E-state index contributed by atoms with van der Waals surface area (Å²) in [4.78, 5) is 15.0. The highest BCUT2D eigenvalue weighted by atomic mass is 16.4. The number of hydrogen-bond donors (Lipinski definition) is 1. The van der Waals surface area contributed by atoms with Gasteiger partial charge in [0.05, 0.1) is 0 Å². The maximum Gasteiger partial charge on any atom is 0.355 e. The molecule has 2 rings (SSSR count). The SMILES string of the molecule is Cc1ccc(-c2cccnc2C(=O)O)c(C)c1. The lowest BCUT2D eigenvalue weighted by atomic mass is 9.97. The number of nitrogens with zero attached hydrogens (tertiary/aromatic N) is 1. The number of carboxylic acids is 1. The van der Waals surface area contributed by atoms with Gasteiger partial charge in [-0.3, -0.25) is 0 Å². The van der Waals surface area contributed by atoms with E-state index in [1.165, 1.54) is 6.20 Å². The van der Waals surface area contributed by atoms with Crippen molar-refractivity contribution >= 4 is 5.97 Å². The van der Waals surface area contributed by atoms with E-state index in [-0.39, 0.29) is 5.69 Å². The highest BCUT2D eigenvalue weighted by Gasteiger charge is 2.13. The average molecular weight is 227 g/mol. The van der Waals surface area contributed by atoms with Gasteiger partial charge >= 0.3 is 5.97 Å². The van der Waals surface area contributed by atoms with Crippen LogP contribution in [0.15, 0.2) is 36.5 Å². The molecular formula is C14H13NO2. The Kier molecular flexibility index (Phi) is 2.91. The van der Waals surface area contributed by atoms with Crippen LogP contribution in [-0.4, -0.2) is 16.1 Å². The zero-order valence-corrected chi connectivity index (χ0v) is 9.77. The number of hydrogen-bond acceptors (Lipinski definition) is 2. The summed E-state index contributed by atoms with van der Waals surface area (Å²) in [5, 5.41) is 9.11. The molecule has 2 aromatic rings. The molecule has 86 valence electrons. The summed E-state index contributed by atoms with van der Waals surface area (Å²) >= 11 is 0. The standard InChI is InChI=1S/C14H13NO2/c1-9-5-6-11(10(2)8-9)12-4-3-7-15-13(12)14(16)17/h3-8H,1-2H3,(H,16,17). The molecule has 0 radical (unpaired) electrons. The van der Waals surface area contributed by atoms with Gasteiger partial charge in [0.15, 0.2) is 5.69 Å². The normalized spacial score (nSPS) is 10.2. The van der Waals surface area contributed by atoms with E-state index in [0.717, 1.165) is 16.7 Å². The number of aromatic nitrogens is 1. The molecule has 0 atom stereocenters. The minimum Gasteiger partial charge on any atom is -0.476 e. The van der Waals surface area contributed by atoms with E-state index in [4.69, 9.17) is 5.11 Å². The molecule has 1 heterocycles. The minimum atomic E-state index is -0.999. The molecule has 0 aliphatic carbocycles. The Hall–Kier alpha value is -2.16. The van der Waals surface area contributed by atoms with Gasteiger partial charge in [0.2, 0.25) is 0 Å². The van der Waals surface area contributed by atoms with Crippen molar-refractivity contribution < 1.29 is 9.90 Å². The Morgan fingerprint density at radius 3 is 2.59 bits per heavy atom. The number of aryl methyl sites for hydroxylation is 2. The molecule has 1 N–H and O–H groups in total. The van der Waals surface area contributed by atoms with Crippen LogP contribution in [0.1, 0.15) is 21.6 Å². The third-order valence-electron chi connectivity index (χ3n) is 2.68. The average Bonchev–Trinajstić information content (AvgIpc) is 2.29. The van der Waals surface area contributed by atoms with E-state index in [9.17, 15) is 4.79 Å². The van der Waals surface area contributed by atoms with Crippen molar-refractivity contribution in [3.63, 3.8) is 0 Å². The van der Waals surface area contributed by atoms with Crippen LogP contribution in [0, 0.1) is 13.8 Å². The molecule has 17 heavy (non-hydrogen) atoms. The van der Waals surface area contributed by atoms with E-state index >= 15 is 0 Å². The lowest BCUT2D eigenvalue weighted by Crippen LogP contribution is -2.03. The number of carbonyl (C=O) groups is 1. The number of benzene rings is 1. The van der Waals surface area contributed by atoms with Crippen molar-refractivity contribution in [2.24, 2.45) is 0 Å². The van der Waals surface area contributed by atoms with Gasteiger partial charge in [-0.15, -0.1) is 0 Å². The molecule has 0 fully saturated rings. The molecule has 0 unspecified atom stereocenters. The zero-order valence-electron chi connectivity index (χ0n) is 9.77. The molecule has 1 aromatic heterocycles. The first-order valence-corrected chi connectivity index (χ1v) is 5.35. The lowest BCUT2D eigenvalue weighted by Gasteiger charge is -2.09. The summed E-state index contributed by atoms with van der Waals surface area (Å²) in [6.07, 6.45) is 1.50. The predicted molar refractivity (Wildman–Crippen MR) is 66.1 cm³/mol. The largest absolute Gasteiger partial charge is 0.476 e. The van der Waals surface area contributed by atoms with Gasteiger partial charge < -0.3 is 5.11 Å². The summed E-state index contributed by atoms with van der Waals surface area (Å²) in [5.41, 5.74) is 3.89. The Balaban J connectivity index is 2.64. The van der Waals surface area contributed by atoms with Gasteiger partial charge in [-0.1, -0.05) is 29.8 Å². The quantitative estimate of drug-likeness (QED) is 0.857. The first-order valence-electron chi connectivity index (χ1n) is 5.35. The molecule has 0 saturated carbocycles. The third kappa shape index (κ3) is 2.18. The molecule has 0 aliphatic heterocycles. The van der Waals surface area contributed by atoms with Gasteiger partial charge in [0.1, 0.15) is 0 Å². The van der Waals surface area contributed by atoms with Crippen LogP contribution >= 0.6 is 0 Å². The molecule has 0 saturated heterocycles. The zero-order chi connectivity index (χ0) is 12.4. The maximum absolute atomic E-state index is 11.1. The number of pyridine rings is 1. The van der Waals surface area contributed by atoms with Crippen molar-refractivity contribution in [2.45, 2.75) is 13.8 Å². The minimum absolute atomic E-state index is 0.0967. The monoisotopic (exact) mass is 227 g/mol. The van der Waals surface area contributed by atoms with Crippen molar-refractivity contribution in [1.82, 2.24) is 4.98 Å². The van der Waals surface area contributed by atoms with Crippen LogP contribution in [0.5, 0.6) is 0 Å². The highest BCUT2D eigenvalue weighted by Crippen LogP contribution is 2.26. The molecule has 0 aliphatic rings. The topological polar surface area (TPSA) is 50.2 Å². The van der Waals surface area contributed by atoms with Crippen LogP contribution in [0.2, 0.25) is 0 Å². The fraction of sp³-hybridized carbons (Fsp3) is 0.143. The van der Waals surface area contributed by atoms with Crippen LogP contribution in [-0.2, 0) is 0 Å². The van der Waals surface area contributed by atoms with Crippen molar-refractivity contribution in [1.29, 1.82) is 0 Å². The molecule has 3 heteroatoms. The number of rotatable bonds is 2. The summed E-state index contributed by atoms with van der Waals surface area (Å²) in [5.74, 6) is -0.999. The van der Waals surface area contributed by atoms with Gasteiger partial charge in [-0.2, -0.15) is 0 Å². The summed E-state index contributed by atoms with van der Waals surface area (Å²) in [6, 6.07) is 9.48. The Morgan fingerprint density at radius 2 is 1.94 bits per heavy atom. The van der Waals surface area contributed by atoms with Gasteiger partial charge in [0, 0.05) is 11.8 Å². The summed E-state index contributed by atoms with van der Waals surface area (Å²) in [7, 11) is 0. The molecular weight excluding hydrogens is 214 g/mol. The first kappa shape index (κ1) is 11.3. The first-order chi connectivity index (χ1) is 8.09. The maximum atomic E-state index is 11.1. The van der Waals surface area contributed by atoms with Crippen molar-refractivity contribution in [2.75, 3.05) is 0 Å². The van der Waals surface area contributed by atoms with Crippen LogP contribution in [0.25, 0.3) is 11.1 Å². The Labute approximate surface area is 99.8 Å². The second-order valence-corrected chi connectivity index (χ2v) is 4.02. The van der Waals surface area contributed by atoms with Gasteiger partial charge in [0.25, 0.3) is 0 Å². The van der Waals surface area contributed by atoms with Crippen molar-refractivity contribution in [3.05, 3.63) is 53.3 Å². The number of aromatic carboxylic acids is 1. The smallest absolute Gasteiger partial charge is 0.355 e. The molecule has 1 aromatic carbocycles. The van der Waals surface area contributed by atoms with E-state index in [1.54, 1.807) is 12.1 Å². The second-order valence-electron chi connectivity index (χ2n) is 4.02. The summed E-state index contributed by atoms with van der Waals surface area (Å²) < 4.78 is 0. The van der Waals surface area contributed by atoms with E-state index < -0.39 is 5.97 Å². The molecule has 0 spiro atoms. The van der Waals surface area contributed by atoms with Crippen LogP contribution in [0.4, 0.5) is 0 Å². The lowest BCUT2D eigenvalue weighted by molar-refractivity contribution is 0.0691. The second kappa shape index (κ2) is 4.37. The van der Waals surface area contributed by atoms with Crippen molar-refractivity contribution in [3.8, 4) is 11.1 Å². The molecule has 3 nitrogen and oxygen atoms in total. The highest BCUT2D eigenvalue weighted by molar-refractivity contribution is 5.94. The molecule has 0 bridgehead atoms. The third-order valence-corrected chi connectivity index (χ3v) is 2.68.